The van der Waals surface area contributed by atoms with E-state index in [2.05, 4.69) is 12.2 Å². The van der Waals surface area contributed by atoms with Gasteiger partial charge in [0.05, 0.1) is 0 Å². The number of carbonyl (C=O) groups excluding carboxylic acids is 1. The molecular formula is C17H19NO4. The number of nitrogens with one attached hydrogen (secondary N) is 1. The van der Waals surface area contributed by atoms with Crippen LogP contribution in [-0.2, 0) is 4.79 Å². The summed E-state index contributed by atoms with van der Waals surface area (Å²) in [5.41, 5.74) is -0.558. The van der Waals surface area contributed by atoms with Gasteiger partial charge in [0.25, 0.3) is 5.91 Å². The van der Waals surface area contributed by atoms with Crippen LogP contribution in [0.1, 0.15) is 43.2 Å². The summed E-state index contributed by atoms with van der Waals surface area (Å²) in [6.45, 7) is 2.10. The summed E-state index contributed by atoms with van der Waals surface area (Å²) in [5.74, 6) is -0.784. The fourth-order valence-corrected chi connectivity index (χ4v) is 3.02. The van der Waals surface area contributed by atoms with Gasteiger partial charge in [-0.05, 0) is 43.7 Å². The Labute approximate surface area is 128 Å². The van der Waals surface area contributed by atoms with E-state index in [-0.39, 0.29) is 5.76 Å². The molecule has 116 valence electrons. The summed E-state index contributed by atoms with van der Waals surface area (Å²) < 4.78 is 5.51. The summed E-state index contributed by atoms with van der Waals surface area (Å²) in [6.07, 6.45) is 2.50. The van der Waals surface area contributed by atoms with Gasteiger partial charge in [-0.25, -0.2) is 4.79 Å². The molecule has 1 aliphatic carbocycles. The third-order valence-corrected chi connectivity index (χ3v) is 4.54. The number of aliphatic carboxylic acids is 1. The fourth-order valence-electron chi connectivity index (χ4n) is 3.02. The van der Waals surface area contributed by atoms with Gasteiger partial charge < -0.3 is 14.8 Å². The zero-order valence-corrected chi connectivity index (χ0v) is 12.5. The van der Waals surface area contributed by atoms with E-state index in [0.29, 0.717) is 24.3 Å². The number of carboxylic acid groups (broad SMARTS) is 1. The predicted octanol–water partition coefficient (Wildman–Crippen LogP) is 3.20. The molecule has 1 heterocycles. The van der Waals surface area contributed by atoms with Crippen molar-refractivity contribution < 1.29 is 19.1 Å². The van der Waals surface area contributed by atoms with E-state index >= 15 is 0 Å². The molecule has 1 aromatic carbocycles. The van der Waals surface area contributed by atoms with Crippen molar-refractivity contribution in [1.29, 1.82) is 0 Å². The Bertz CT molecular complexity index is 677. The molecule has 1 fully saturated rings. The monoisotopic (exact) mass is 301 g/mol. The second-order valence-corrected chi connectivity index (χ2v) is 6.17. The summed E-state index contributed by atoms with van der Waals surface area (Å²) >= 11 is 0. The van der Waals surface area contributed by atoms with E-state index in [1.165, 1.54) is 0 Å². The summed E-state index contributed by atoms with van der Waals surface area (Å²) in [7, 11) is 0. The highest BCUT2D eigenvalue weighted by Gasteiger charge is 2.43. The van der Waals surface area contributed by atoms with Crippen LogP contribution in [0, 0.1) is 5.92 Å². The van der Waals surface area contributed by atoms with Crippen LogP contribution >= 0.6 is 0 Å². The maximum Gasteiger partial charge on any atom is 0.329 e. The minimum Gasteiger partial charge on any atom is -0.480 e. The van der Waals surface area contributed by atoms with Gasteiger partial charge in [0.1, 0.15) is 11.1 Å². The van der Waals surface area contributed by atoms with Gasteiger partial charge in [-0.15, -0.1) is 0 Å². The van der Waals surface area contributed by atoms with Crippen LogP contribution < -0.4 is 5.32 Å². The standard InChI is InChI=1S/C17H19NO4/c1-11-6-8-17(9-7-11,16(20)21)18-15(19)14-10-12-4-2-3-5-13(12)22-14/h2-5,10-11H,6-9H2,1H3,(H,18,19)(H,20,21). The summed E-state index contributed by atoms with van der Waals surface area (Å²) in [6, 6.07) is 8.97. The first-order valence-corrected chi connectivity index (χ1v) is 7.55. The highest BCUT2D eigenvalue weighted by Crippen LogP contribution is 2.32. The van der Waals surface area contributed by atoms with E-state index in [1.807, 2.05) is 18.2 Å². The number of amides is 1. The van der Waals surface area contributed by atoms with Gasteiger partial charge in [-0.1, -0.05) is 25.1 Å². The lowest BCUT2D eigenvalue weighted by Crippen LogP contribution is -2.56. The largest absolute Gasteiger partial charge is 0.480 e. The van der Waals surface area contributed by atoms with Gasteiger partial charge in [0.2, 0.25) is 0 Å². The summed E-state index contributed by atoms with van der Waals surface area (Å²) in [4.78, 5) is 24.1. The van der Waals surface area contributed by atoms with E-state index in [0.717, 1.165) is 18.2 Å². The molecular weight excluding hydrogens is 282 g/mol. The average molecular weight is 301 g/mol. The lowest BCUT2D eigenvalue weighted by molar-refractivity contribution is -0.146. The zero-order valence-electron chi connectivity index (χ0n) is 12.5. The molecule has 0 unspecified atom stereocenters. The van der Waals surface area contributed by atoms with Crippen molar-refractivity contribution in [3.05, 3.63) is 36.1 Å². The quantitative estimate of drug-likeness (QED) is 0.912. The molecule has 22 heavy (non-hydrogen) atoms. The Balaban J connectivity index is 1.83. The van der Waals surface area contributed by atoms with Crippen molar-refractivity contribution in [2.24, 2.45) is 5.92 Å². The first-order valence-electron chi connectivity index (χ1n) is 7.55. The maximum absolute atomic E-state index is 12.4. The van der Waals surface area contributed by atoms with Gasteiger partial charge in [0.15, 0.2) is 5.76 Å². The molecule has 0 bridgehead atoms. The number of hydrogen-bond acceptors (Lipinski definition) is 3. The molecule has 3 rings (SSSR count). The molecule has 0 spiro atoms. The second kappa shape index (κ2) is 5.48. The molecule has 2 N–H and O–H groups in total. The summed E-state index contributed by atoms with van der Waals surface area (Å²) in [5, 5.41) is 13.1. The maximum atomic E-state index is 12.4. The first kappa shape index (κ1) is 14.6. The number of carbonyl (C=O) groups is 2. The number of carboxylic acids is 1. The first-order chi connectivity index (χ1) is 10.5. The molecule has 1 amide bonds. The van der Waals surface area contributed by atoms with Gasteiger partial charge >= 0.3 is 5.97 Å². The molecule has 2 aromatic rings. The molecule has 0 aliphatic heterocycles. The highest BCUT2D eigenvalue weighted by atomic mass is 16.4. The fraction of sp³-hybridized carbons (Fsp3) is 0.412. The van der Waals surface area contributed by atoms with Crippen molar-refractivity contribution in [1.82, 2.24) is 5.32 Å². The number of benzene rings is 1. The lowest BCUT2D eigenvalue weighted by Gasteiger charge is -2.36. The molecule has 0 radical (unpaired) electrons. The average Bonchev–Trinajstić information content (AvgIpc) is 2.93. The molecule has 5 heteroatoms. The number of para-hydroxylation sites is 1. The van der Waals surface area contributed by atoms with Crippen molar-refractivity contribution in [2.45, 2.75) is 38.1 Å². The van der Waals surface area contributed by atoms with Crippen molar-refractivity contribution >= 4 is 22.8 Å². The molecule has 5 nitrogen and oxygen atoms in total. The van der Waals surface area contributed by atoms with Gasteiger partial charge in [-0.2, -0.15) is 0 Å². The van der Waals surface area contributed by atoms with E-state index in [9.17, 15) is 14.7 Å². The molecule has 0 saturated heterocycles. The van der Waals surface area contributed by atoms with Crippen LogP contribution in [0.2, 0.25) is 0 Å². The van der Waals surface area contributed by atoms with E-state index in [4.69, 9.17) is 4.42 Å². The third kappa shape index (κ3) is 2.58. The minimum absolute atomic E-state index is 0.153. The van der Waals surface area contributed by atoms with Crippen LogP contribution in [0.15, 0.2) is 34.7 Å². The predicted molar refractivity (Wildman–Crippen MR) is 81.7 cm³/mol. The van der Waals surface area contributed by atoms with Crippen LogP contribution in [0.3, 0.4) is 0 Å². The number of furan rings is 1. The van der Waals surface area contributed by atoms with Crippen molar-refractivity contribution in [3.8, 4) is 0 Å². The van der Waals surface area contributed by atoms with Crippen LogP contribution in [-0.4, -0.2) is 22.5 Å². The highest BCUT2D eigenvalue weighted by molar-refractivity contribution is 5.99. The van der Waals surface area contributed by atoms with Crippen molar-refractivity contribution in [3.63, 3.8) is 0 Å². The SMILES string of the molecule is CC1CCC(NC(=O)c2cc3ccccc3o2)(C(=O)O)CC1. The minimum atomic E-state index is -1.18. The second-order valence-electron chi connectivity index (χ2n) is 6.17. The van der Waals surface area contributed by atoms with E-state index < -0.39 is 17.4 Å². The number of hydrogen-bond donors (Lipinski definition) is 2. The van der Waals surface area contributed by atoms with Crippen LogP contribution in [0.25, 0.3) is 11.0 Å². The number of fused-ring (bicyclic) bond motifs is 1. The van der Waals surface area contributed by atoms with Crippen LogP contribution in [0.4, 0.5) is 0 Å². The van der Waals surface area contributed by atoms with E-state index in [1.54, 1.807) is 12.1 Å². The topological polar surface area (TPSA) is 79.5 Å². The van der Waals surface area contributed by atoms with Crippen molar-refractivity contribution in [2.75, 3.05) is 0 Å². The Kier molecular flexibility index (Phi) is 3.64. The lowest BCUT2D eigenvalue weighted by atomic mass is 9.77. The Morgan fingerprint density at radius 2 is 1.95 bits per heavy atom. The van der Waals surface area contributed by atoms with Gasteiger partial charge in [0, 0.05) is 5.39 Å². The van der Waals surface area contributed by atoms with Crippen LogP contribution in [0.5, 0.6) is 0 Å². The Hall–Kier alpha value is -2.30. The molecule has 1 aliphatic rings. The Morgan fingerprint density at radius 1 is 1.27 bits per heavy atom. The zero-order chi connectivity index (χ0) is 15.7. The smallest absolute Gasteiger partial charge is 0.329 e. The number of rotatable bonds is 3. The normalized spacial score (nSPS) is 25.0. The molecule has 0 atom stereocenters. The molecule has 1 aromatic heterocycles. The molecule has 1 saturated carbocycles. The van der Waals surface area contributed by atoms with Gasteiger partial charge in [-0.3, -0.25) is 4.79 Å². The Morgan fingerprint density at radius 3 is 2.59 bits per heavy atom. The third-order valence-electron chi connectivity index (χ3n) is 4.54.